The number of nitrogens with zero attached hydrogens (tertiary/aromatic N) is 6. The zero-order valence-electron chi connectivity index (χ0n) is 26.0. The molecular weight excluding hydrogens is 590 g/mol. The van der Waals surface area contributed by atoms with E-state index in [4.69, 9.17) is 14.2 Å². The minimum Gasteiger partial charge on any atom is -0.497 e. The van der Waals surface area contributed by atoms with E-state index in [1.165, 1.54) is 10.8 Å². The summed E-state index contributed by atoms with van der Waals surface area (Å²) < 4.78 is 21.4. The maximum Gasteiger partial charge on any atom is 0.330 e. The third kappa shape index (κ3) is 5.57. The Morgan fingerprint density at radius 1 is 1.24 bits per heavy atom. The van der Waals surface area contributed by atoms with Gasteiger partial charge in [-0.3, -0.25) is 24.2 Å². The summed E-state index contributed by atoms with van der Waals surface area (Å²) in [5, 5.41) is 19.9. The first-order chi connectivity index (χ1) is 22.4. The summed E-state index contributed by atoms with van der Waals surface area (Å²) >= 11 is 0. The molecule has 1 aromatic carbocycles. The molecule has 0 saturated carbocycles. The van der Waals surface area contributed by atoms with E-state index in [0.29, 0.717) is 29.5 Å². The van der Waals surface area contributed by atoms with E-state index in [0.717, 1.165) is 48.1 Å². The number of pyridine rings is 1. The molecule has 2 N–H and O–H groups in total. The van der Waals surface area contributed by atoms with Crippen molar-refractivity contribution in [2.75, 3.05) is 26.8 Å². The zero-order chi connectivity index (χ0) is 31.9. The van der Waals surface area contributed by atoms with Crippen molar-refractivity contribution in [3.8, 4) is 5.75 Å². The molecule has 0 radical (unpaired) electrons. The Kier molecular flexibility index (Phi) is 8.32. The lowest BCUT2D eigenvalue weighted by Crippen LogP contribution is -2.55. The fourth-order valence-corrected chi connectivity index (χ4v) is 7.47. The van der Waals surface area contributed by atoms with Crippen molar-refractivity contribution in [1.82, 2.24) is 34.4 Å². The average molecular weight is 630 g/mol. The van der Waals surface area contributed by atoms with Crippen LogP contribution in [0, 0.1) is 18.8 Å². The summed E-state index contributed by atoms with van der Waals surface area (Å²) in [6.45, 7) is 7.65. The number of methoxy groups -OCH3 is 1. The summed E-state index contributed by atoms with van der Waals surface area (Å²) in [6, 6.07) is 7.74. The molecule has 13 nitrogen and oxygen atoms in total. The third-order valence-electron chi connectivity index (χ3n) is 9.94. The number of nitrogens with one attached hydrogen (secondary N) is 1. The van der Waals surface area contributed by atoms with Crippen molar-refractivity contribution >= 4 is 10.9 Å². The Bertz CT molecular complexity index is 1850. The van der Waals surface area contributed by atoms with Crippen LogP contribution in [-0.2, 0) is 16.1 Å². The molecule has 2 bridgehead atoms. The topological polar surface area (TPSA) is 150 Å². The molecule has 0 spiro atoms. The number of hydrogen-bond acceptors (Lipinski definition) is 10. The summed E-state index contributed by atoms with van der Waals surface area (Å²) in [7, 11) is 1.66. The van der Waals surface area contributed by atoms with Gasteiger partial charge in [-0.05, 0) is 68.0 Å². The molecule has 242 valence electrons. The standard InChI is InChI=1S/C33H39N7O6/c1-4-20-15-38-10-8-21(20)11-28(38)31(24-7-9-34-26-6-5-23(44-3)12-25(24)26)45-18-22-16-40(37-36-22)27-13-30(46-29(27)17-41)39-14-19(2)32(42)35-33(39)43/h4-7,9,12,14,16,20-21,27-31,41H,1,8,10-11,13,15,17-18H2,2-3H3,(H,35,42,43)/t20?,21-,27+,28?,29-,30-,31?/m1/s1. The van der Waals surface area contributed by atoms with Gasteiger partial charge in [0.05, 0.1) is 44.2 Å². The van der Waals surface area contributed by atoms with Gasteiger partial charge >= 0.3 is 5.69 Å². The molecule has 4 aromatic rings. The highest BCUT2D eigenvalue weighted by Crippen LogP contribution is 2.44. The molecule has 8 atom stereocenters. The van der Waals surface area contributed by atoms with Gasteiger partial charge in [0.25, 0.3) is 5.56 Å². The number of hydrogen-bond donors (Lipinski definition) is 2. The minimum atomic E-state index is -0.675. The van der Waals surface area contributed by atoms with Crippen LogP contribution in [0.15, 0.2) is 65.1 Å². The molecule has 0 amide bonds. The maximum absolute atomic E-state index is 12.5. The average Bonchev–Trinajstić information content (AvgIpc) is 3.74. The van der Waals surface area contributed by atoms with Crippen molar-refractivity contribution in [3.05, 3.63) is 93.2 Å². The van der Waals surface area contributed by atoms with Gasteiger partial charge in [-0.25, -0.2) is 9.48 Å². The lowest BCUT2D eigenvalue weighted by atomic mass is 9.73. The van der Waals surface area contributed by atoms with Crippen LogP contribution in [0.25, 0.3) is 10.9 Å². The van der Waals surface area contributed by atoms with Gasteiger partial charge in [0.2, 0.25) is 0 Å². The van der Waals surface area contributed by atoms with Crippen molar-refractivity contribution in [2.24, 2.45) is 11.8 Å². The Labute approximate surface area is 265 Å². The number of aliphatic hydroxyl groups excluding tert-OH is 1. The van der Waals surface area contributed by atoms with Crippen LogP contribution in [0.5, 0.6) is 5.75 Å². The number of H-pyrrole nitrogens is 1. The second-order valence-corrected chi connectivity index (χ2v) is 12.5. The summed E-state index contributed by atoms with van der Waals surface area (Å²) in [5.41, 5.74) is 1.96. The third-order valence-corrected chi connectivity index (χ3v) is 9.94. The quantitative estimate of drug-likeness (QED) is 0.251. The van der Waals surface area contributed by atoms with Crippen LogP contribution in [-0.4, -0.2) is 78.5 Å². The van der Waals surface area contributed by atoms with E-state index in [-0.39, 0.29) is 31.4 Å². The molecule has 3 aromatic heterocycles. The van der Waals surface area contributed by atoms with Crippen molar-refractivity contribution in [1.29, 1.82) is 0 Å². The predicted molar refractivity (Wildman–Crippen MR) is 168 cm³/mol. The number of rotatable bonds is 10. The molecule has 46 heavy (non-hydrogen) atoms. The lowest BCUT2D eigenvalue weighted by Gasteiger charge is -2.51. The molecule has 13 heteroatoms. The number of aliphatic hydroxyl groups is 1. The van der Waals surface area contributed by atoms with E-state index in [2.05, 4.69) is 37.8 Å². The molecule has 0 aliphatic carbocycles. The first-order valence-corrected chi connectivity index (χ1v) is 15.8. The molecule has 4 aliphatic heterocycles. The zero-order valence-corrected chi connectivity index (χ0v) is 26.0. The second kappa shape index (κ2) is 12.6. The predicted octanol–water partition coefficient (Wildman–Crippen LogP) is 2.67. The van der Waals surface area contributed by atoms with Gasteiger partial charge in [-0.1, -0.05) is 11.3 Å². The number of aryl methyl sites for hydroxylation is 1. The summed E-state index contributed by atoms with van der Waals surface area (Å²) in [6.07, 6.45) is 8.19. The fraction of sp³-hybridized carbons (Fsp3) is 0.485. The number of fused-ring (bicyclic) bond motifs is 4. The van der Waals surface area contributed by atoms with Gasteiger partial charge in [0.15, 0.2) is 0 Å². The SMILES string of the molecule is C=CC1CN2CC[C@@H]1CC2C(OCc1cn([C@H]2C[C@H](n3cc(C)c(=O)[nH]c3=O)O[C@@H]2CO)nn1)c1ccnc2ccc(OC)cc12. The molecular formula is C33H39N7O6. The molecule has 4 aliphatic rings. The van der Waals surface area contributed by atoms with Crippen LogP contribution in [0.4, 0.5) is 0 Å². The number of aromatic nitrogens is 6. The van der Waals surface area contributed by atoms with Crippen LogP contribution in [0.3, 0.4) is 0 Å². The Hall–Kier alpha value is -4.17. The number of benzene rings is 1. The monoisotopic (exact) mass is 629 g/mol. The Morgan fingerprint density at radius 3 is 2.87 bits per heavy atom. The van der Waals surface area contributed by atoms with Gasteiger partial charge in [-0.15, -0.1) is 11.7 Å². The van der Waals surface area contributed by atoms with Gasteiger partial charge in [0.1, 0.15) is 23.8 Å². The fourth-order valence-electron chi connectivity index (χ4n) is 7.47. The minimum absolute atomic E-state index is 0.170. The normalized spacial score (nSPS) is 28.0. The van der Waals surface area contributed by atoms with E-state index < -0.39 is 23.6 Å². The van der Waals surface area contributed by atoms with E-state index in [1.807, 2.05) is 36.7 Å². The highest BCUT2D eigenvalue weighted by Gasteiger charge is 2.44. The Balaban J connectivity index is 1.15. The van der Waals surface area contributed by atoms with Gasteiger partial charge in [-0.2, -0.15) is 0 Å². The molecule has 4 saturated heterocycles. The van der Waals surface area contributed by atoms with Crippen LogP contribution >= 0.6 is 0 Å². The van der Waals surface area contributed by atoms with E-state index in [1.54, 1.807) is 18.7 Å². The van der Waals surface area contributed by atoms with Crippen molar-refractivity contribution in [3.63, 3.8) is 0 Å². The number of ether oxygens (including phenoxy) is 3. The van der Waals surface area contributed by atoms with Crippen LogP contribution in [0.1, 0.15) is 54.5 Å². The first kappa shape index (κ1) is 30.5. The highest BCUT2D eigenvalue weighted by molar-refractivity contribution is 5.84. The van der Waals surface area contributed by atoms with Crippen molar-refractivity contribution in [2.45, 2.75) is 63.3 Å². The van der Waals surface area contributed by atoms with E-state index in [9.17, 15) is 14.7 Å². The van der Waals surface area contributed by atoms with Gasteiger partial charge in [0, 0.05) is 42.4 Å². The molecule has 4 fully saturated rings. The largest absolute Gasteiger partial charge is 0.497 e. The lowest BCUT2D eigenvalue weighted by molar-refractivity contribution is -0.0809. The van der Waals surface area contributed by atoms with Gasteiger partial charge < -0.3 is 19.3 Å². The van der Waals surface area contributed by atoms with Crippen molar-refractivity contribution < 1.29 is 19.3 Å². The highest BCUT2D eigenvalue weighted by atomic mass is 16.5. The molecule has 4 unspecified atom stereocenters. The number of piperidine rings is 3. The van der Waals surface area contributed by atoms with Crippen LogP contribution in [0.2, 0.25) is 0 Å². The van der Waals surface area contributed by atoms with Crippen LogP contribution < -0.4 is 16.0 Å². The summed E-state index contributed by atoms with van der Waals surface area (Å²) in [4.78, 5) is 33.8. The Morgan fingerprint density at radius 2 is 2.11 bits per heavy atom. The second-order valence-electron chi connectivity index (χ2n) is 12.5. The van der Waals surface area contributed by atoms with E-state index >= 15 is 0 Å². The summed E-state index contributed by atoms with van der Waals surface area (Å²) in [5.74, 6) is 1.80. The first-order valence-electron chi connectivity index (χ1n) is 15.8. The number of aromatic amines is 1. The smallest absolute Gasteiger partial charge is 0.330 e. The maximum atomic E-state index is 12.5. The molecule has 7 heterocycles. The molecule has 8 rings (SSSR count).